The number of nitrogens with zero attached hydrogens (tertiary/aromatic N) is 1. The summed E-state index contributed by atoms with van der Waals surface area (Å²) < 4.78 is 10.9. The second-order valence-electron chi connectivity index (χ2n) is 5.21. The van der Waals surface area contributed by atoms with E-state index in [9.17, 15) is 0 Å². The van der Waals surface area contributed by atoms with Crippen LogP contribution in [0.1, 0.15) is 19.3 Å². The Hall–Kier alpha value is -0.120. The van der Waals surface area contributed by atoms with Gasteiger partial charge in [-0.1, -0.05) is 0 Å². The van der Waals surface area contributed by atoms with Crippen LogP contribution in [0.25, 0.3) is 0 Å². The Kier molecular flexibility index (Phi) is 2.08. The Bertz CT molecular complexity index is 227. The van der Waals surface area contributed by atoms with Crippen molar-refractivity contribution in [2.24, 2.45) is 5.41 Å². The first kappa shape index (κ1) is 9.13. The normalized spacial score (nSPS) is 39.2. The van der Waals surface area contributed by atoms with Gasteiger partial charge in [-0.15, -0.1) is 0 Å². The second-order valence-corrected chi connectivity index (χ2v) is 5.21. The molecule has 1 saturated carbocycles. The fourth-order valence-corrected chi connectivity index (χ4v) is 2.93. The molecule has 3 fully saturated rings. The van der Waals surface area contributed by atoms with Gasteiger partial charge in [0.15, 0.2) is 0 Å². The smallest absolute Gasteiger partial charge is 0.0718 e. The minimum absolute atomic E-state index is 0.513. The third kappa shape index (κ3) is 1.47. The molecule has 1 unspecified atom stereocenters. The third-order valence-electron chi connectivity index (χ3n) is 3.96. The van der Waals surface area contributed by atoms with Crippen LogP contribution in [0.3, 0.4) is 0 Å². The summed E-state index contributed by atoms with van der Waals surface area (Å²) in [6, 6.07) is 0.717. The molecule has 3 aliphatic rings. The molecule has 0 aromatic rings. The number of hydrogen-bond donors (Lipinski definition) is 0. The van der Waals surface area contributed by atoms with Gasteiger partial charge >= 0.3 is 0 Å². The highest BCUT2D eigenvalue weighted by Gasteiger charge is 2.48. The van der Waals surface area contributed by atoms with Crippen molar-refractivity contribution in [2.45, 2.75) is 31.4 Å². The van der Waals surface area contributed by atoms with Gasteiger partial charge in [-0.05, 0) is 19.3 Å². The number of methoxy groups -OCH3 is 1. The Morgan fingerprint density at radius 2 is 2.36 bits per heavy atom. The van der Waals surface area contributed by atoms with E-state index in [1.54, 1.807) is 0 Å². The maximum absolute atomic E-state index is 5.60. The quantitative estimate of drug-likeness (QED) is 0.668. The van der Waals surface area contributed by atoms with Crippen molar-refractivity contribution in [1.29, 1.82) is 0 Å². The van der Waals surface area contributed by atoms with Crippen LogP contribution in [0.15, 0.2) is 0 Å². The topological polar surface area (TPSA) is 21.7 Å². The summed E-state index contributed by atoms with van der Waals surface area (Å²) in [4.78, 5) is 2.63. The van der Waals surface area contributed by atoms with Gasteiger partial charge in [0.25, 0.3) is 0 Å². The molecular weight excluding hydrogens is 178 g/mol. The first-order chi connectivity index (χ1) is 6.81. The predicted octanol–water partition coefficient (Wildman–Crippen LogP) is 0.886. The molecule has 2 atom stereocenters. The molecule has 1 aliphatic carbocycles. The lowest BCUT2D eigenvalue weighted by atomic mass is 10.1. The van der Waals surface area contributed by atoms with Crippen molar-refractivity contribution in [3.05, 3.63) is 0 Å². The van der Waals surface area contributed by atoms with Crippen LogP contribution in [0.2, 0.25) is 0 Å². The maximum Gasteiger partial charge on any atom is 0.0718 e. The molecule has 0 spiro atoms. The lowest BCUT2D eigenvalue weighted by Gasteiger charge is -2.30. The van der Waals surface area contributed by atoms with Gasteiger partial charge in [-0.3, -0.25) is 4.90 Å². The van der Waals surface area contributed by atoms with E-state index < -0.39 is 0 Å². The number of hydrogen-bond acceptors (Lipinski definition) is 3. The summed E-state index contributed by atoms with van der Waals surface area (Å²) in [6.45, 7) is 4.32. The standard InChI is InChI=1S/C11H19NO2/c1-13-8-11(2-3-11)7-12-5-10-4-9(12)6-14-10/h9-10H,2-8H2,1H3/t9-,10?/m1/s1. The van der Waals surface area contributed by atoms with Gasteiger partial charge in [0.05, 0.1) is 19.3 Å². The fourth-order valence-electron chi connectivity index (χ4n) is 2.93. The van der Waals surface area contributed by atoms with Crippen molar-refractivity contribution >= 4 is 0 Å². The predicted molar refractivity (Wildman–Crippen MR) is 53.3 cm³/mol. The zero-order valence-corrected chi connectivity index (χ0v) is 8.87. The van der Waals surface area contributed by atoms with E-state index in [1.165, 1.54) is 25.8 Å². The minimum Gasteiger partial charge on any atom is -0.384 e. The van der Waals surface area contributed by atoms with Crippen LogP contribution in [0.5, 0.6) is 0 Å². The number of ether oxygens (including phenoxy) is 2. The monoisotopic (exact) mass is 197 g/mol. The van der Waals surface area contributed by atoms with Crippen LogP contribution in [-0.4, -0.2) is 50.5 Å². The van der Waals surface area contributed by atoms with Crippen LogP contribution in [-0.2, 0) is 9.47 Å². The SMILES string of the molecule is COCC1(CN2CC3C[C@@H]2CO3)CC1. The van der Waals surface area contributed by atoms with E-state index in [0.717, 1.165) is 19.8 Å². The highest BCUT2D eigenvalue weighted by Crippen LogP contribution is 2.47. The summed E-state index contributed by atoms with van der Waals surface area (Å²) in [5, 5.41) is 0. The van der Waals surface area contributed by atoms with Crippen LogP contribution >= 0.6 is 0 Å². The number of rotatable bonds is 4. The number of likely N-dealkylation sites (tertiary alicyclic amines) is 1. The van der Waals surface area contributed by atoms with Gasteiger partial charge in [0.1, 0.15) is 0 Å². The molecule has 3 nitrogen and oxygen atoms in total. The maximum atomic E-state index is 5.60. The van der Waals surface area contributed by atoms with E-state index in [1.807, 2.05) is 7.11 Å². The van der Waals surface area contributed by atoms with Crippen LogP contribution in [0.4, 0.5) is 0 Å². The minimum atomic E-state index is 0.513. The highest BCUT2D eigenvalue weighted by atomic mass is 16.5. The van der Waals surface area contributed by atoms with Crippen molar-refractivity contribution in [3.8, 4) is 0 Å². The molecule has 2 aliphatic heterocycles. The van der Waals surface area contributed by atoms with E-state index >= 15 is 0 Å². The summed E-state index contributed by atoms with van der Waals surface area (Å²) in [6.07, 6.45) is 4.52. The third-order valence-corrected chi connectivity index (χ3v) is 3.96. The first-order valence-corrected chi connectivity index (χ1v) is 5.66. The molecule has 2 heterocycles. The van der Waals surface area contributed by atoms with Gasteiger partial charge in [0, 0.05) is 31.7 Å². The average Bonchev–Trinajstić information content (AvgIpc) is 2.63. The van der Waals surface area contributed by atoms with Gasteiger partial charge in [0.2, 0.25) is 0 Å². The molecule has 80 valence electrons. The van der Waals surface area contributed by atoms with Crippen molar-refractivity contribution in [2.75, 3.05) is 33.4 Å². The first-order valence-electron chi connectivity index (χ1n) is 5.66. The second kappa shape index (κ2) is 3.19. The van der Waals surface area contributed by atoms with Crippen LogP contribution in [0, 0.1) is 5.41 Å². The van der Waals surface area contributed by atoms with Crippen molar-refractivity contribution in [3.63, 3.8) is 0 Å². The fraction of sp³-hybridized carbons (Fsp3) is 1.00. The lowest BCUT2D eigenvalue weighted by Crippen LogP contribution is -2.41. The molecule has 0 aromatic carbocycles. The molecular formula is C11H19NO2. The Balaban J connectivity index is 1.58. The van der Waals surface area contributed by atoms with E-state index in [0.29, 0.717) is 17.6 Å². The van der Waals surface area contributed by atoms with E-state index in [2.05, 4.69) is 4.90 Å². The summed E-state index contributed by atoms with van der Waals surface area (Å²) in [7, 11) is 1.82. The summed E-state index contributed by atoms with van der Waals surface area (Å²) >= 11 is 0. The molecule has 0 radical (unpaired) electrons. The average molecular weight is 197 g/mol. The Morgan fingerprint density at radius 1 is 1.50 bits per heavy atom. The zero-order valence-electron chi connectivity index (χ0n) is 8.87. The summed E-state index contributed by atoms with van der Waals surface area (Å²) in [5.74, 6) is 0. The molecule has 3 heteroatoms. The van der Waals surface area contributed by atoms with E-state index in [4.69, 9.17) is 9.47 Å². The Labute approximate surface area is 85.4 Å². The molecule has 0 aromatic heterocycles. The van der Waals surface area contributed by atoms with Gasteiger partial charge in [-0.25, -0.2) is 0 Å². The van der Waals surface area contributed by atoms with E-state index in [-0.39, 0.29) is 0 Å². The molecule has 2 bridgehead atoms. The molecule has 0 N–H and O–H groups in total. The summed E-state index contributed by atoms with van der Waals surface area (Å²) in [5.41, 5.74) is 0.513. The van der Waals surface area contributed by atoms with Gasteiger partial charge in [-0.2, -0.15) is 0 Å². The molecule has 14 heavy (non-hydrogen) atoms. The number of fused-ring (bicyclic) bond motifs is 2. The van der Waals surface area contributed by atoms with Gasteiger partial charge < -0.3 is 9.47 Å². The molecule has 3 rings (SSSR count). The highest BCUT2D eigenvalue weighted by molar-refractivity contribution is 5.00. The zero-order chi connectivity index (χ0) is 9.60. The molecule has 2 saturated heterocycles. The Morgan fingerprint density at radius 3 is 2.86 bits per heavy atom. The lowest BCUT2D eigenvalue weighted by molar-refractivity contribution is 0.0135. The van der Waals surface area contributed by atoms with Crippen molar-refractivity contribution < 1.29 is 9.47 Å². The molecule has 0 amide bonds. The van der Waals surface area contributed by atoms with Crippen molar-refractivity contribution in [1.82, 2.24) is 4.90 Å². The van der Waals surface area contributed by atoms with Crippen LogP contribution < -0.4 is 0 Å². The largest absolute Gasteiger partial charge is 0.384 e. The number of morpholine rings is 1.